The normalized spacial score (nSPS) is 12.0. The largest absolute Gasteiger partial charge is 0.424 e. The first-order chi connectivity index (χ1) is 15.8. The SMILES string of the molecule is CC(C)C(=O)Oc1cn(Cc2ccc(Cl)cc2)c2nc(C(C)C)n3c4ccccc4nc3c12. The molecule has 5 aromatic rings. The highest BCUT2D eigenvalue weighted by atomic mass is 35.5. The zero-order valence-electron chi connectivity index (χ0n) is 19.0. The molecule has 0 fully saturated rings. The van der Waals surface area contributed by atoms with Gasteiger partial charge < -0.3 is 9.30 Å². The predicted octanol–water partition coefficient (Wildman–Crippen LogP) is 6.22. The van der Waals surface area contributed by atoms with E-state index >= 15 is 0 Å². The first-order valence-electron chi connectivity index (χ1n) is 11.1. The number of hydrogen-bond acceptors (Lipinski definition) is 4. The second-order valence-corrected chi connectivity index (χ2v) is 9.34. The number of imidazole rings is 1. The fourth-order valence-corrected chi connectivity index (χ4v) is 4.16. The molecule has 0 aliphatic rings. The number of hydrogen-bond donors (Lipinski definition) is 0. The predicted molar refractivity (Wildman–Crippen MR) is 131 cm³/mol. The van der Waals surface area contributed by atoms with Crippen LogP contribution in [-0.2, 0) is 11.3 Å². The van der Waals surface area contributed by atoms with Gasteiger partial charge in [-0.3, -0.25) is 9.20 Å². The summed E-state index contributed by atoms with van der Waals surface area (Å²) in [7, 11) is 0. The molecule has 0 saturated heterocycles. The van der Waals surface area contributed by atoms with Gasteiger partial charge in [-0.15, -0.1) is 0 Å². The molecule has 0 N–H and O–H groups in total. The van der Waals surface area contributed by atoms with E-state index < -0.39 is 0 Å². The Labute approximate surface area is 196 Å². The number of nitrogens with zero attached hydrogens (tertiary/aromatic N) is 4. The van der Waals surface area contributed by atoms with Crippen LogP contribution >= 0.6 is 11.6 Å². The molecule has 5 rings (SSSR count). The van der Waals surface area contributed by atoms with E-state index in [1.54, 1.807) is 0 Å². The van der Waals surface area contributed by atoms with Gasteiger partial charge in [0.05, 0.1) is 17.0 Å². The lowest BCUT2D eigenvalue weighted by Gasteiger charge is -2.12. The number of halogens is 1. The first-order valence-corrected chi connectivity index (χ1v) is 11.5. The molecule has 0 aliphatic carbocycles. The third kappa shape index (κ3) is 3.74. The molecule has 3 aromatic heterocycles. The van der Waals surface area contributed by atoms with Gasteiger partial charge in [0.2, 0.25) is 0 Å². The van der Waals surface area contributed by atoms with E-state index in [9.17, 15) is 4.79 Å². The van der Waals surface area contributed by atoms with Crippen molar-refractivity contribution in [2.75, 3.05) is 0 Å². The Morgan fingerprint density at radius 3 is 2.42 bits per heavy atom. The number of benzene rings is 2. The Hall–Kier alpha value is -3.38. The van der Waals surface area contributed by atoms with Gasteiger partial charge in [-0.1, -0.05) is 63.6 Å². The van der Waals surface area contributed by atoms with Crippen LogP contribution in [0.4, 0.5) is 0 Å². The van der Waals surface area contributed by atoms with Crippen molar-refractivity contribution < 1.29 is 9.53 Å². The summed E-state index contributed by atoms with van der Waals surface area (Å²) >= 11 is 6.07. The van der Waals surface area contributed by atoms with Crippen molar-refractivity contribution in [1.29, 1.82) is 0 Å². The average Bonchev–Trinajstić information content (AvgIpc) is 3.33. The number of para-hydroxylation sites is 2. The Kier molecular flexibility index (Phi) is 5.33. The maximum atomic E-state index is 12.6. The topological polar surface area (TPSA) is 61.4 Å². The molecule has 6 nitrogen and oxygen atoms in total. The molecule has 33 heavy (non-hydrogen) atoms. The van der Waals surface area contributed by atoms with Crippen LogP contribution in [0.25, 0.3) is 27.7 Å². The molecule has 0 unspecified atom stereocenters. The number of carbonyl (C=O) groups excluding carboxylic acids is 1. The molecule has 0 bridgehead atoms. The molecule has 0 saturated carbocycles. The quantitative estimate of drug-likeness (QED) is 0.292. The summed E-state index contributed by atoms with van der Waals surface area (Å²) in [6.45, 7) is 8.45. The van der Waals surface area contributed by atoms with Crippen LogP contribution in [0.3, 0.4) is 0 Å². The van der Waals surface area contributed by atoms with Crippen molar-refractivity contribution in [2.45, 2.75) is 40.2 Å². The Morgan fingerprint density at radius 1 is 1.00 bits per heavy atom. The second-order valence-electron chi connectivity index (χ2n) is 8.91. The van der Waals surface area contributed by atoms with Crippen LogP contribution in [0, 0.1) is 5.92 Å². The average molecular weight is 461 g/mol. The van der Waals surface area contributed by atoms with Crippen LogP contribution in [-0.4, -0.2) is 24.9 Å². The molecule has 3 heterocycles. The molecule has 0 aliphatic heterocycles. The monoisotopic (exact) mass is 460 g/mol. The fourth-order valence-electron chi connectivity index (χ4n) is 4.03. The van der Waals surface area contributed by atoms with Gasteiger partial charge in [-0.25, -0.2) is 9.97 Å². The van der Waals surface area contributed by atoms with Gasteiger partial charge in [-0.2, -0.15) is 0 Å². The highest BCUT2D eigenvalue weighted by Gasteiger charge is 2.24. The van der Waals surface area contributed by atoms with Gasteiger partial charge in [0, 0.05) is 23.7 Å². The number of carbonyl (C=O) groups is 1. The smallest absolute Gasteiger partial charge is 0.313 e. The summed E-state index contributed by atoms with van der Waals surface area (Å²) in [5.74, 6) is 0.999. The summed E-state index contributed by atoms with van der Waals surface area (Å²) in [5, 5.41) is 1.42. The third-order valence-electron chi connectivity index (χ3n) is 5.71. The molecular weight excluding hydrogens is 436 g/mol. The maximum Gasteiger partial charge on any atom is 0.313 e. The van der Waals surface area contributed by atoms with Crippen LogP contribution < -0.4 is 4.74 Å². The zero-order chi connectivity index (χ0) is 23.3. The van der Waals surface area contributed by atoms with Crippen LogP contribution in [0.2, 0.25) is 5.02 Å². The first kappa shape index (κ1) is 21.5. The van der Waals surface area contributed by atoms with E-state index in [1.807, 2.05) is 73.1 Å². The van der Waals surface area contributed by atoms with Crippen molar-refractivity contribution in [2.24, 2.45) is 5.92 Å². The van der Waals surface area contributed by atoms with E-state index in [-0.39, 0.29) is 17.8 Å². The number of esters is 1. The van der Waals surface area contributed by atoms with Crippen molar-refractivity contribution in [1.82, 2.24) is 18.9 Å². The molecule has 2 aromatic carbocycles. The minimum atomic E-state index is -0.289. The van der Waals surface area contributed by atoms with Crippen molar-refractivity contribution in [3.63, 3.8) is 0 Å². The van der Waals surface area contributed by atoms with Crippen LogP contribution in [0.5, 0.6) is 5.75 Å². The molecule has 0 atom stereocenters. The summed E-state index contributed by atoms with van der Waals surface area (Å²) in [4.78, 5) is 22.6. The molecular formula is C26H25ClN4O2. The minimum Gasteiger partial charge on any atom is -0.424 e. The van der Waals surface area contributed by atoms with Crippen LogP contribution in [0.15, 0.2) is 54.7 Å². The maximum absolute atomic E-state index is 12.6. The number of rotatable bonds is 5. The van der Waals surface area contributed by atoms with Gasteiger partial charge in [0.25, 0.3) is 0 Å². The number of fused-ring (bicyclic) bond motifs is 5. The zero-order valence-corrected chi connectivity index (χ0v) is 19.8. The fraction of sp³-hybridized carbons (Fsp3) is 0.269. The van der Waals surface area contributed by atoms with Crippen LogP contribution in [0.1, 0.15) is 45.0 Å². The number of ether oxygens (including phenoxy) is 1. The molecule has 168 valence electrons. The van der Waals surface area contributed by atoms with E-state index in [1.165, 1.54) is 0 Å². The summed E-state index contributed by atoms with van der Waals surface area (Å²) < 4.78 is 9.96. The Morgan fingerprint density at radius 2 is 1.73 bits per heavy atom. The third-order valence-corrected chi connectivity index (χ3v) is 5.97. The standard InChI is InChI=1S/C26H25ClN4O2/c1-15(2)23-29-24-22(25-28-19-7-5-6-8-20(19)31(23)25)21(33-26(32)16(3)4)14-30(24)13-17-9-11-18(27)12-10-17/h5-12,14-16H,13H2,1-4H3. The van der Waals surface area contributed by atoms with Gasteiger partial charge in [-0.05, 0) is 29.8 Å². The molecule has 0 radical (unpaired) electrons. The van der Waals surface area contributed by atoms with Gasteiger partial charge in [0.15, 0.2) is 11.4 Å². The summed E-state index contributed by atoms with van der Waals surface area (Å²) in [5.41, 5.74) is 4.41. The summed E-state index contributed by atoms with van der Waals surface area (Å²) in [6, 6.07) is 15.7. The van der Waals surface area contributed by atoms with E-state index in [2.05, 4.69) is 18.2 Å². The summed E-state index contributed by atoms with van der Waals surface area (Å²) in [6.07, 6.45) is 1.86. The van der Waals surface area contributed by atoms with E-state index in [0.29, 0.717) is 17.3 Å². The van der Waals surface area contributed by atoms with Gasteiger partial charge >= 0.3 is 5.97 Å². The van der Waals surface area contributed by atoms with Crippen molar-refractivity contribution >= 4 is 45.3 Å². The lowest BCUT2D eigenvalue weighted by molar-refractivity contribution is -0.137. The number of aromatic nitrogens is 4. The highest BCUT2D eigenvalue weighted by molar-refractivity contribution is 6.30. The minimum absolute atomic E-state index is 0.162. The molecule has 0 spiro atoms. The highest BCUT2D eigenvalue weighted by Crippen LogP contribution is 2.35. The lowest BCUT2D eigenvalue weighted by atomic mass is 10.2. The van der Waals surface area contributed by atoms with Crippen molar-refractivity contribution in [3.05, 3.63) is 71.1 Å². The van der Waals surface area contributed by atoms with Crippen molar-refractivity contribution in [3.8, 4) is 5.75 Å². The second kappa shape index (κ2) is 8.19. The van der Waals surface area contributed by atoms with E-state index in [4.69, 9.17) is 26.3 Å². The van der Waals surface area contributed by atoms with E-state index in [0.717, 1.165) is 39.1 Å². The lowest BCUT2D eigenvalue weighted by Crippen LogP contribution is -2.14. The Balaban J connectivity index is 1.82. The molecule has 7 heteroatoms. The van der Waals surface area contributed by atoms with Gasteiger partial charge in [0.1, 0.15) is 16.9 Å². The molecule has 0 amide bonds. The Bertz CT molecular complexity index is 1500.